The van der Waals surface area contributed by atoms with Gasteiger partial charge >= 0.3 is 5.97 Å². The second kappa shape index (κ2) is 3.96. The summed E-state index contributed by atoms with van der Waals surface area (Å²) in [6.07, 6.45) is 2.72. The number of carbonyl (C=O) groups is 1. The molecule has 0 aliphatic rings. The summed E-state index contributed by atoms with van der Waals surface area (Å²) in [5, 5.41) is 8.83. The number of carboxylic acids is 1. The van der Waals surface area contributed by atoms with E-state index < -0.39 is 5.97 Å². The topological polar surface area (TPSA) is 54.6 Å². The number of aromatic nitrogens is 2. The molecule has 0 aromatic carbocycles. The fraction of sp³-hybridized carbons (Fsp3) is 0.333. The minimum atomic E-state index is -0.843. The third kappa shape index (κ3) is 1.78. The van der Waals surface area contributed by atoms with Gasteiger partial charge in [0, 0.05) is 12.6 Å². The van der Waals surface area contributed by atoms with Crippen LogP contribution in [0, 0.1) is 6.92 Å². The highest BCUT2D eigenvalue weighted by Gasteiger charge is 2.12. The Morgan fingerprint density at radius 2 is 2.31 bits per heavy atom. The monoisotopic (exact) mass is 218 g/mol. The van der Waals surface area contributed by atoms with Gasteiger partial charge in [0.15, 0.2) is 0 Å². The summed E-state index contributed by atoms with van der Waals surface area (Å²) in [5.41, 5.74) is 2.66. The maximum Gasteiger partial charge on any atom is 0.309 e. The van der Waals surface area contributed by atoms with Crippen LogP contribution in [0.25, 0.3) is 5.52 Å². The third-order valence-corrected chi connectivity index (χ3v) is 2.58. The fourth-order valence-electron chi connectivity index (χ4n) is 1.84. The van der Waals surface area contributed by atoms with E-state index in [0.717, 1.165) is 23.3 Å². The summed E-state index contributed by atoms with van der Waals surface area (Å²) in [5.74, 6) is 0.0652. The molecule has 0 aliphatic heterocycles. The van der Waals surface area contributed by atoms with Gasteiger partial charge in [-0.3, -0.25) is 4.79 Å². The van der Waals surface area contributed by atoms with Crippen molar-refractivity contribution in [2.45, 2.75) is 26.7 Å². The summed E-state index contributed by atoms with van der Waals surface area (Å²) in [6.45, 7) is 4.00. The van der Waals surface area contributed by atoms with Crippen molar-refractivity contribution in [3.63, 3.8) is 0 Å². The van der Waals surface area contributed by atoms with Crippen molar-refractivity contribution in [1.82, 2.24) is 9.38 Å². The molecular weight excluding hydrogens is 204 g/mol. The van der Waals surface area contributed by atoms with E-state index in [9.17, 15) is 4.79 Å². The maximum absolute atomic E-state index is 10.7. The molecular formula is C12H14N2O2. The first-order chi connectivity index (χ1) is 7.61. The predicted octanol–water partition coefficient (Wildman–Crippen LogP) is 1.83. The molecule has 2 aromatic rings. The molecule has 2 aromatic heterocycles. The molecule has 0 bridgehead atoms. The Morgan fingerprint density at radius 3 is 2.94 bits per heavy atom. The molecule has 4 nitrogen and oxygen atoms in total. The fourth-order valence-corrected chi connectivity index (χ4v) is 1.84. The molecule has 1 N–H and O–H groups in total. The molecule has 0 unspecified atom stereocenters. The summed E-state index contributed by atoms with van der Waals surface area (Å²) in [6, 6.07) is 3.98. The molecule has 84 valence electrons. The zero-order valence-corrected chi connectivity index (χ0v) is 9.40. The van der Waals surface area contributed by atoms with E-state index in [1.165, 1.54) is 0 Å². The first-order valence-corrected chi connectivity index (χ1v) is 5.30. The Bertz CT molecular complexity index is 543. The summed E-state index contributed by atoms with van der Waals surface area (Å²) >= 11 is 0. The van der Waals surface area contributed by atoms with Gasteiger partial charge in [0.1, 0.15) is 5.82 Å². The zero-order valence-electron chi connectivity index (χ0n) is 9.40. The zero-order chi connectivity index (χ0) is 11.7. The molecule has 0 spiro atoms. The van der Waals surface area contributed by atoms with Gasteiger partial charge in [0.25, 0.3) is 0 Å². The van der Waals surface area contributed by atoms with Crippen LogP contribution < -0.4 is 0 Å². The van der Waals surface area contributed by atoms with Crippen LogP contribution in [-0.4, -0.2) is 20.5 Å². The Labute approximate surface area is 93.5 Å². The van der Waals surface area contributed by atoms with Crippen molar-refractivity contribution in [3.05, 3.63) is 35.4 Å². The van der Waals surface area contributed by atoms with Crippen molar-refractivity contribution in [2.24, 2.45) is 0 Å². The number of pyridine rings is 1. The lowest BCUT2D eigenvalue weighted by Crippen LogP contribution is -2.00. The maximum atomic E-state index is 10.7. The Hall–Kier alpha value is -1.84. The van der Waals surface area contributed by atoms with E-state index in [0.29, 0.717) is 5.69 Å². The normalized spacial score (nSPS) is 10.9. The number of carboxylic acid groups (broad SMARTS) is 1. The second-order valence-corrected chi connectivity index (χ2v) is 3.86. The van der Waals surface area contributed by atoms with Gasteiger partial charge in [-0.05, 0) is 24.6 Å². The van der Waals surface area contributed by atoms with Gasteiger partial charge in [-0.1, -0.05) is 6.92 Å². The number of aryl methyl sites for hydroxylation is 2. The minimum Gasteiger partial charge on any atom is -0.481 e. The first kappa shape index (κ1) is 10.7. The third-order valence-electron chi connectivity index (χ3n) is 2.58. The van der Waals surface area contributed by atoms with Crippen LogP contribution in [0.3, 0.4) is 0 Å². The summed E-state index contributed by atoms with van der Waals surface area (Å²) in [4.78, 5) is 15.1. The second-order valence-electron chi connectivity index (χ2n) is 3.86. The van der Waals surface area contributed by atoms with Crippen LogP contribution in [-0.2, 0) is 17.6 Å². The van der Waals surface area contributed by atoms with Gasteiger partial charge in [0.2, 0.25) is 0 Å². The van der Waals surface area contributed by atoms with Crippen molar-refractivity contribution >= 4 is 11.5 Å². The molecule has 2 heterocycles. The van der Waals surface area contributed by atoms with E-state index in [1.807, 2.05) is 36.6 Å². The molecule has 0 aliphatic carbocycles. The quantitative estimate of drug-likeness (QED) is 0.855. The number of aliphatic carboxylic acids is 1. The number of rotatable bonds is 3. The van der Waals surface area contributed by atoms with E-state index >= 15 is 0 Å². The van der Waals surface area contributed by atoms with Gasteiger partial charge in [-0.2, -0.15) is 0 Å². The molecule has 2 rings (SSSR count). The number of hydrogen-bond donors (Lipinski definition) is 1. The smallest absolute Gasteiger partial charge is 0.309 e. The van der Waals surface area contributed by atoms with E-state index in [-0.39, 0.29) is 6.42 Å². The standard InChI is InChI=1S/C12H14N2O2/c1-3-11-13-9(7-12(15)16)10-6-8(2)4-5-14(10)11/h4-6H,3,7H2,1-2H3,(H,15,16). The van der Waals surface area contributed by atoms with Crippen LogP contribution in [0.4, 0.5) is 0 Å². The van der Waals surface area contributed by atoms with Gasteiger partial charge in [-0.25, -0.2) is 4.98 Å². The number of nitrogens with zero attached hydrogens (tertiary/aromatic N) is 2. The molecule has 0 amide bonds. The van der Waals surface area contributed by atoms with Crippen molar-refractivity contribution in [2.75, 3.05) is 0 Å². The Balaban J connectivity index is 2.63. The highest BCUT2D eigenvalue weighted by molar-refractivity contribution is 5.73. The van der Waals surface area contributed by atoms with Crippen molar-refractivity contribution in [3.8, 4) is 0 Å². The molecule has 0 saturated heterocycles. The van der Waals surface area contributed by atoms with Gasteiger partial charge in [0.05, 0.1) is 17.6 Å². The van der Waals surface area contributed by atoms with Crippen LogP contribution in [0.15, 0.2) is 18.3 Å². The number of fused-ring (bicyclic) bond motifs is 1. The minimum absolute atomic E-state index is 0.0209. The number of imidazole rings is 1. The predicted molar refractivity (Wildman–Crippen MR) is 60.6 cm³/mol. The van der Waals surface area contributed by atoms with Crippen LogP contribution in [0.1, 0.15) is 24.0 Å². The SMILES string of the molecule is CCc1nc(CC(=O)O)c2cc(C)ccn12. The molecule has 0 fully saturated rings. The molecule has 4 heteroatoms. The average Bonchev–Trinajstić information content (AvgIpc) is 2.55. The largest absolute Gasteiger partial charge is 0.481 e. The average molecular weight is 218 g/mol. The lowest BCUT2D eigenvalue weighted by molar-refractivity contribution is -0.136. The lowest BCUT2D eigenvalue weighted by Gasteiger charge is -1.99. The van der Waals surface area contributed by atoms with E-state index in [2.05, 4.69) is 4.98 Å². The van der Waals surface area contributed by atoms with Crippen LogP contribution >= 0.6 is 0 Å². The molecule has 0 atom stereocenters. The van der Waals surface area contributed by atoms with Crippen molar-refractivity contribution < 1.29 is 9.90 Å². The summed E-state index contributed by atoms with van der Waals surface area (Å²) in [7, 11) is 0. The Kier molecular flexibility index (Phi) is 2.64. The van der Waals surface area contributed by atoms with Crippen LogP contribution in [0.2, 0.25) is 0 Å². The highest BCUT2D eigenvalue weighted by atomic mass is 16.4. The Morgan fingerprint density at radius 1 is 1.56 bits per heavy atom. The lowest BCUT2D eigenvalue weighted by atomic mass is 10.2. The van der Waals surface area contributed by atoms with Gasteiger partial charge < -0.3 is 9.51 Å². The van der Waals surface area contributed by atoms with Crippen molar-refractivity contribution in [1.29, 1.82) is 0 Å². The highest BCUT2D eigenvalue weighted by Crippen LogP contribution is 2.16. The number of hydrogen-bond acceptors (Lipinski definition) is 2. The van der Waals surface area contributed by atoms with Crippen LogP contribution in [0.5, 0.6) is 0 Å². The van der Waals surface area contributed by atoms with Gasteiger partial charge in [-0.15, -0.1) is 0 Å². The molecule has 16 heavy (non-hydrogen) atoms. The molecule has 0 radical (unpaired) electrons. The summed E-state index contributed by atoms with van der Waals surface area (Å²) < 4.78 is 1.96. The van der Waals surface area contributed by atoms with E-state index in [4.69, 9.17) is 5.11 Å². The first-order valence-electron chi connectivity index (χ1n) is 5.30. The van der Waals surface area contributed by atoms with E-state index in [1.54, 1.807) is 0 Å². The molecule has 0 saturated carbocycles.